The van der Waals surface area contributed by atoms with Crippen molar-refractivity contribution in [2.24, 2.45) is 0 Å². The zero-order valence-corrected chi connectivity index (χ0v) is 18.0. The quantitative estimate of drug-likeness (QED) is 0.569. The molecule has 1 heterocycles. The van der Waals surface area contributed by atoms with E-state index in [1.165, 1.54) is 18.1 Å². The third kappa shape index (κ3) is 6.94. The maximum Gasteiger partial charge on any atom is 0.159 e. The molecule has 2 aromatic rings. The monoisotopic (exact) mass is 411 g/mol. The fraction of sp³-hybridized carbons (Fsp3) is 0.480. The lowest BCUT2D eigenvalue weighted by Gasteiger charge is -2.27. The summed E-state index contributed by atoms with van der Waals surface area (Å²) in [6.07, 6.45) is 2.78. The Labute approximate surface area is 179 Å². The van der Waals surface area contributed by atoms with E-state index in [2.05, 4.69) is 36.1 Å². The summed E-state index contributed by atoms with van der Waals surface area (Å²) in [4.78, 5) is 13.8. The Balaban J connectivity index is 1.57. The molecule has 30 heavy (non-hydrogen) atoms. The average molecular weight is 412 g/mol. The van der Waals surface area contributed by atoms with E-state index in [4.69, 9.17) is 9.47 Å². The van der Waals surface area contributed by atoms with Gasteiger partial charge in [-0.15, -0.1) is 0 Å². The van der Waals surface area contributed by atoms with Crippen molar-refractivity contribution in [1.29, 1.82) is 0 Å². The molecule has 1 fully saturated rings. The van der Waals surface area contributed by atoms with E-state index in [9.17, 15) is 9.90 Å². The zero-order chi connectivity index (χ0) is 21.3. The van der Waals surface area contributed by atoms with Crippen LogP contribution >= 0.6 is 0 Å². The first kappa shape index (κ1) is 22.5. The van der Waals surface area contributed by atoms with Crippen LogP contribution in [0.2, 0.25) is 0 Å². The highest BCUT2D eigenvalue weighted by Crippen LogP contribution is 2.17. The molecule has 1 N–H and O–H groups in total. The molecule has 2 unspecified atom stereocenters. The number of ketones is 1. The van der Waals surface area contributed by atoms with Gasteiger partial charge in [-0.2, -0.15) is 0 Å². The molecule has 0 amide bonds. The highest BCUT2D eigenvalue weighted by molar-refractivity contribution is 5.94. The van der Waals surface area contributed by atoms with Crippen LogP contribution < -0.4 is 4.74 Å². The molecule has 2 atom stereocenters. The van der Waals surface area contributed by atoms with Crippen molar-refractivity contribution in [2.75, 3.05) is 26.3 Å². The summed E-state index contributed by atoms with van der Waals surface area (Å²) in [6, 6.07) is 15.7. The number of rotatable bonds is 11. The van der Waals surface area contributed by atoms with Crippen molar-refractivity contribution < 1.29 is 19.4 Å². The standard InChI is InChI=1S/C25H33NO4/c1-3-20-9-11-21(12-10-20)15-26(17-25-8-5-13-29-25)16-23(28)18-30-24-7-4-6-22(14-24)19(2)27/h4,6-7,9-12,14,23,25,28H,3,5,8,13,15-18H2,1-2H3. The number of aliphatic hydroxyl groups excluding tert-OH is 1. The highest BCUT2D eigenvalue weighted by atomic mass is 16.5. The first-order chi connectivity index (χ1) is 14.5. The fourth-order valence-electron chi connectivity index (χ4n) is 3.77. The Morgan fingerprint density at radius 1 is 1.23 bits per heavy atom. The Bertz CT molecular complexity index is 799. The largest absolute Gasteiger partial charge is 0.491 e. The third-order valence-electron chi connectivity index (χ3n) is 5.48. The van der Waals surface area contributed by atoms with Gasteiger partial charge in [0, 0.05) is 31.8 Å². The van der Waals surface area contributed by atoms with Gasteiger partial charge in [-0.25, -0.2) is 0 Å². The van der Waals surface area contributed by atoms with E-state index in [1.54, 1.807) is 24.3 Å². The normalized spacial score (nSPS) is 17.3. The summed E-state index contributed by atoms with van der Waals surface area (Å²) in [5.41, 5.74) is 3.16. The number of carbonyl (C=O) groups is 1. The molecule has 3 rings (SSSR count). The second-order valence-corrected chi connectivity index (χ2v) is 8.05. The number of nitrogens with zero attached hydrogens (tertiary/aromatic N) is 1. The molecular formula is C25H33NO4. The van der Waals surface area contributed by atoms with E-state index in [0.29, 0.717) is 17.9 Å². The van der Waals surface area contributed by atoms with Crippen molar-refractivity contribution in [3.05, 3.63) is 65.2 Å². The molecule has 0 bridgehead atoms. The Kier molecular flexibility index (Phi) is 8.43. The van der Waals surface area contributed by atoms with Crippen LogP contribution in [0.4, 0.5) is 0 Å². The van der Waals surface area contributed by atoms with E-state index >= 15 is 0 Å². The lowest BCUT2D eigenvalue weighted by Crippen LogP contribution is -2.39. The van der Waals surface area contributed by atoms with Gasteiger partial charge in [0.1, 0.15) is 18.5 Å². The van der Waals surface area contributed by atoms with Crippen LogP contribution in [0.25, 0.3) is 0 Å². The molecule has 1 saturated heterocycles. The average Bonchev–Trinajstić information content (AvgIpc) is 3.26. The van der Waals surface area contributed by atoms with Crippen LogP contribution in [0, 0.1) is 0 Å². The number of hydrogen-bond donors (Lipinski definition) is 1. The van der Waals surface area contributed by atoms with Gasteiger partial charge in [-0.05, 0) is 49.4 Å². The van der Waals surface area contributed by atoms with E-state index in [-0.39, 0.29) is 18.5 Å². The van der Waals surface area contributed by atoms with E-state index in [1.807, 2.05) is 0 Å². The Morgan fingerprint density at radius 3 is 2.67 bits per heavy atom. The van der Waals surface area contributed by atoms with Crippen molar-refractivity contribution in [3.63, 3.8) is 0 Å². The van der Waals surface area contributed by atoms with Crippen LogP contribution in [0.1, 0.15) is 48.2 Å². The van der Waals surface area contributed by atoms with Gasteiger partial charge >= 0.3 is 0 Å². The Hall–Kier alpha value is -2.21. The number of aryl methyl sites for hydroxylation is 1. The molecule has 0 radical (unpaired) electrons. The van der Waals surface area contributed by atoms with E-state index in [0.717, 1.165) is 39.0 Å². The number of carbonyl (C=O) groups excluding carboxylic acids is 1. The predicted molar refractivity (Wildman–Crippen MR) is 118 cm³/mol. The molecule has 0 spiro atoms. The summed E-state index contributed by atoms with van der Waals surface area (Å²) in [5.74, 6) is 0.598. The summed E-state index contributed by atoms with van der Waals surface area (Å²) < 4.78 is 11.6. The SMILES string of the molecule is CCc1ccc(CN(CC(O)COc2cccc(C(C)=O)c2)CC2CCCO2)cc1. The van der Waals surface area contributed by atoms with Crippen molar-refractivity contribution in [1.82, 2.24) is 4.90 Å². The predicted octanol–water partition coefficient (Wildman–Crippen LogP) is 3.87. The van der Waals surface area contributed by atoms with Crippen molar-refractivity contribution >= 4 is 5.78 Å². The number of benzene rings is 2. The second-order valence-electron chi connectivity index (χ2n) is 8.05. The van der Waals surface area contributed by atoms with E-state index < -0.39 is 6.10 Å². The minimum atomic E-state index is -0.637. The van der Waals surface area contributed by atoms with Crippen LogP contribution in [-0.4, -0.2) is 54.3 Å². The fourth-order valence-corrected chi connectivity index (χ4v) is 3.77. The zero-order valence-electron chi connectivity index (χ0n) is 18.0. The van der Waals surface area contributed by atoms with Gasteiger partial charge in [0.2, 0.25) is 0 Å². The topological polar surface area (TPSA) is 59.0 Å². The van der Waals surface area contributed by atoms with Crippen LogP contribution in [-0.2, 0) is 17.7 Å². The molecule has 0 saturated carbocycles. The van der Waals surface area contributed by atoms with Gasteiger partial charge < -0.3 is 14.6 Å². The molecule has 162 valence electrons. The maximum atomic E-state index is 11.5. The minimum Gasteiger partial charge on any atom is -0.491 e. The van der Waals surface area contributed by atoms with Gasteiger partial charge in [0.05, 0.1) is 6.10 Å². The molecule has 2 aromatic carbocycles. The summed E-state index contributed by atoms with van der Waals surface area (Å²) in [5, 5.41) is 10.6. The van der Waals surface area contributed by atoms with Gasteiger partial charge in [0.15, 0.2) is 5.78 Å². The molecule has 0 aliphatic carbocycles. The number of aliphatic hydroxyl groups is 1. The third-order valence-corrected chi connectivity index (χ3v) is 5.48. The summed E-state index contributed by atoms with van der Waals surface area (Å²) in [7, 11) is 0. The van der Waals surface area contributed by atoms with Gasteiger partial charge in [-0.3, -0.25) is 9.69 Å². The van der Waals surface area contributed by atoms with Crippen molar-refractivity contribution in [3.8, 4) is 5.75 Å². The van der Waals surface area contributed by atoms with Gasteiger partial charge in [0.25, 0.3) is 0 Å². The molecule has 1 aliphatic rings. The molecule has 5 nitrogen and oxygen atoms in total. The van der Waals surface area contributed by atoms with Crippen LogP contribution in [0.15, 0.2) is 48.5 Å². The number of hydrogen-bond acceptors (Lipinski definition) is 5. The first-order valence-electron chi connectivity index (χ1n) is 10.9. The molecule has 1 aliphatic heterocycles. The Morgan fingerprint density at radius 2 is 2.00 bits per heavy atom. The van der Waals surface area contributed by atoms with Crippen molar-refractivity contribution in [2.45, 2.75) is 51.9 Å². The summed E-state index contributed by atoms with van der Waals surface area (Å²) in [6.45, 7) is 6.75. The first-order valence-corrected chi connectivity index (χ1v) is 10.9. The molecule has 5 heteroatoms. The van der Waals surface area contributed by atoms with Crippen LogP contribution in [0.5, 0.6) is 5.75 Å². The van der Waals surface area contributed by atoms with Gasteiger partial charge in [-0.1, -0.05) is 43.3 Å². The highest BCUT2D eigenvalue weighted by Gasteiger charge is 2.21. The van der Waals surface area contributed by atoms with Crippen LogP contribution in [0.3, 0.4) is 0 Å². The number of Topliss-reactive ketones (excluding diaryl/α,β-unsaturated/α-hetero) is 1. The second kappa shape index (κ2) is 11.3. The maximum absolute atomic E-state index is 11.5. The minimum absolute atomic E-state index is 0.00201. The lowest BCUT2D eigenvalue weighted by atomic mass is 10.1. The lowest BCUT2D eigenvalue weighted by molar-refractivity contribution is 0.0313. The molecule has 0 aromatic heterocycles. The summed E-state index contributed by atoms with van der Waals surface area (Å²) >= 11 is 0. The number of ether oxygens (including phenoxy) is 2. The molecular weight excluding hydrogens is 378 g/mol. The smallest absolute Gasteiger partial charge is 0.159 e.